The fourth-order valence-corrected chi connectivity index (χ4v) is 3.80. The molecule has 5 heteroatoms. The van der Waals surface area contributed by atoms with Crippen LogP contribution in [-0.4, -0.2) is 18.5 Å². The molecule has 1 aliphatic rings. The summed E-state index contributed by atoms with van der Waals surface area (Å²) in [6, 6.07) is 9.53. The van der Waals surface area contributed by atoms with Gasteiger partial charge in [0.05, 0.1) is 0 Å². The molecule has 0 unspecified atom stereocenters. The average molecular weight is 329 g/mol. The van der Waals surface area contributed by atoms with Gasteiger partial charge in [0.15, 0.2) is 6.61 Å². The number of nitrogens with one attached hydrogen (secondary N) is 1. The third kappa shape index (κ3) is 3.79. The first-order valence-corrected chi connectivity index (χ1v) is 8.65. The van der Waals surface area contributed by atoms with E-state index in [1.54, 1.807) is 0 Å². The molecule has 0 saturated carbocycles. The molecule has 0 saturated heterocycles. The molecule has 23 heavy (non-hydrogen) atoms. The maximum atomic E-state index is 12.0. The zero-order valence-corrected chi connectivity index (χ0v) is 13.9. The molecular weight excluding hydrogens is 310 g/mol. The standard InChI is InChI=1S/C18H19NO3S/c1-2-12-6-8-14(9-7-12)19-17(20)11-22-18(21)16-10-13-4-3-5-15(13)23-16/h6-10H,2-5,11H2,1H3,(H,19,20). The van der Waals surface area contributed by atoms with Gasteiger partial charge in [0.2, 0.25) is 0 Å². The minimum atomic E-state index is -0.416. The van der Waals surface area contributed by atoms with Gasteiger partial charge in [-0.25, -0.2) is 4.79 Å². The van der Waals surface area contributed by atoms with Crippen molar-refractivity contribution in [3.63, 3.8) is 0 Å². The second-order valence-corrected chi connectivity index (χ2v) is 6.72. The molecule has 0 radical (unpaired) electrons. The highest BCUT2D eigenvalue weighted by atomic mass is 32.1. The quantitative estimate of drug-likeness (QED) is 0.853. The Morgan fingerprint density at radius 1 is 1.22 bits per heavy atom. The van der Waals surface area contributed by atoms with Crippen LogP contribution < -0.4 is 5.32 Å². The maximum absolute atomic E-state index is 12.0. The molecule has 120 valence electrons. The van der Waals surface area contributed by atoms with Gasteiger partial charge in [0.25, 0.3) is 5.91 Å². The lowest BCUT2D eigenvalue weighted by molar-refractivity contribution is -0.119. The molecular formula is C18H19NO3S. The van der Waals surface area contributed by atoms with Crippen LogP contribution in [-0.2, 0) is 28.8 Å². The zero-order chi connectivity index (χ0) is 16.2. The van der Waals surface area contributed by atoms with Crippen molar-refractivity contribution < 1.29 is 14.3 Å². The molecule has 0 atom stereocenters. The van der Waals surface area contributed by atoms with Gasteiger partial charge in [-0.3, -0.25) is 4.79 Å². The monoisotopic (exact) mass is 329 g/mol. The number of rotatable bonds is 5. The normalized spacial score (nSPS) is 12.7. The number of aryl methyl sites for hydroxylation is 3. The Labute approximate surface area is 139 Å². The Balaban J connectivity index is 1.50. The smallest absolute Gasteiger partial charge is 0.348 e. The van der Waals surface area contributed by atoms with E-state index in [0.29, 0.717) is 10.6 Å². The van der Waals surface area contributed by atoms with E-state index >= 15 is 0 Å². The van der Waals surface area contributed by atoms with Crippen molar-refractivity contribution in [3.05, 3.63) is 51.2 Å². The number of carbonyl (C=O) groups is 2. The molecule has 1 N–H and O–H groups in total. The fraction of sp³-hybridized carbons (Fsp3) is 0.333. The number of hydrogen-bond donors (Lipinski definition) is 1. The van der Waals surface area contributed by atoms with E-state index in [9.17, 15) is 9.59 Å². The van der Waals surface area contributed by atoms with Gasteiger partial charge in [0, 0.05) is 10.6 Å². The van der Waals surface area contributed by atoms with Crippen molar-refractivity contribution >= 4 is 28.9 Å². The molecule has 1 aromatic heterocycles. The summed E-state index contributed by atoms with van der Waals surface area (Å²) in [6.45, 7) is 1.81. The zero-order valence-electron chi connectivity index (χ0n) is 13.1. The molecule has 2 aromatic rings. The molecule has 1 aromatic carbocycles. The van der Waals surface area contributed by atoms with Gasteiger partial charge in [-0.05, 0) is 55.0 Å². The molecule has 1 aliphatic carbocycles. The number of hydrogen-bond acceptors (Lipinski definition) is 4. The van der Waals surface area contributed by atoms with Crippen LogP contribution in [0.5, 0.6) is 0 Å². The number of carbonyl (C=O) groups excluding carboxylic acids is 2. The van der Waals surface area contributed by atoms with Crippen LogP contribution in [0, 0.1) is 0 Å². The van der Waals surface area contributed by atoms with Gasteiger partial charge in [-0.2, -0.15) is 0 Å². The number of esters is 1. The van der Waals surface area contributed by atoms with E-state index in [4.69, 9.17) is 4.74 Å². The van der Waals surface area contributed by atoms with Gasteiger partial charge in [0.1, 0.15) is 4.88 Å². The Hall–Kier alpha value is -2.14. The Kier molecular flexibility index (Phi) is 4.76. The molecule has 0 spiro atoms. The summed E-state index contributed by atoms with van der Waals surface area (Å²) in [4.78, 5) is 25.7. The average Bonchev–Trinajstić information content (AvgIpc) is 3.15. The Morgan fingerprint density at radius 3 is 2.70 bits per heavy atom. The lowest BCUT2D eigenvalue weighted by Crippen LogP contribution is -2.20. The van der Waals surface area contributed by atoms with E-state index in [0.717, 1.165) is 25.7 Å². The van der Waals surface area contributed by atoms with E-state index in [1.165, 1.54) is 27.3 Å². The molecule has 0 aliphatic heterocycles. The van der Waals surface area contributed by atoms with E-state index in [2.05, 4.69) is 12.2 Å². The number of thiophene rings is 1. The minimum Gasteiger partial charge on any atom is -0.451 e. The predicted molar refractivity (Wildman–Crippen MR) is 91.1 cm³/mol. The van der Waals surface area contributed by atoms with Crippen LogP contribution in [0.15, 0.2) is 30.3 Å². The van der Waals surface area contributed by atoms with Crippen LogP contribution in [0.1, 0.15) is 39.0 Å². The third-order valence-corrected chi connectivity index (χ3v) is 5.15. The van der Waals surface area contributed by atoms with Crippen molar-refractivity contribution in [2.45, 2.75) is 32.6 Å². The third-order valence-electron chi connectivity index (χ3n) is 3.93. The Morgan fingerprint density at radius 2 is 2.00 bits per heavy atom. The van der Waals surface area contributed by atoms with Gasteiger partial charge in [-0.15, -0.1) is 11.3 Å². The highest BCUT2D eigenvalue weighted by Crippen LogP contribution is 2.30. The second kappa shape index (κ2) is 6.96. The van der Waals surface area contributed by atoms with Crippen LogP contribution in [0.25, 0.3) is 0 Å². The summed E-state index contributed by atoms with van der Waals surface area (Å²) in [5.41, 5.74) is 3.17. The molecule has 3 rings (SSSR count). The van der Waals surface area contributed by atoms with E-state index in [1.807, 2.05) is 30.3 Å². The number of amides is 1. The molecule has 0 fully saturated rings. The molecule has 1 amide bonds. The summed E-state index contributed by atoms with van der Waals surface area (Å²) in [6.07, 6.45) is 4.20. The fourth-order valence-electron chi connectivity index (χ4n) is 2.65. The SMILES string of the molecule is CCc1ccc(NC(=O)COC(=O)c2cc3c(s2)CCC3)cc1. The van der Waals surface area contributed by atoms with Crippen molar-refractivity contribution in [1.82, 2.24) is 0 Å². The van der Waals surface area contributed by atoms with E-state index < -0.39 is 5.97 Å². The van der Waals surface area contributed by atoms with Crippen molar-refractivity contribution in [2.24, 2.45) is 0 Å². The number of ether oxygens (including phenoxy) is 1. The van der Waals surface area contributed by atoms with Crippen molar-refractivity contribution in [1.29, 1.82) is 0 Å². The van der Waals surface area contributed by atoms with Gasteiger partial charge in [-0.1, -0.05) is 19.1 Å². The second-order valence-electron chi connectivity index (χ2n) is 5.59. The summed E-state index contributed by atoms with van der Waals surface area (Å²) < 4.78 is 5.10. The lowest BCUT2D eigenvalue weighted by atomic mass is 10.1. The topological polar surface area (TPSA) is 55.4 Å². The number of anilines is 1. The van der Waals surface area contributed by atoms with Crippen LogP contribution in [0.2, 0.25) is 0 Å². The lowest BCUT2D eigenvalue weighted by Gasteiger charge is -2.06. The largest absolute Gasteiger partial charge is 0.451 e. The summed E-state index contributed by atoms with van der Waals surface area (Å²) in [5.74, 6) is -0.743. The first-order valence-electron chi connectivity index (χ1n) is 7.83. The van der Waals surface area contributed by atoms with Gasteiger partial charge < -0.3 is 10.1 Å². The van der Waals surface area contributed by atoms with Crippen molar-refractivity contribution in [2.75, 3.05) is 11.9 Å². The van der Waals surface area contributed by atoms with Gasteiger partial charge >= 0.3 is 5.97 Å². The first kappa shape index (κ1) is 15.7. The van der Waals surface area contributed by atoms with Crippen LogP contribution in [0.4, 0.5) is 5.69 Å². The highest BCUT2D eigenvalue weighted by molar-refractivity contribution is 7.14. The van der Waals surface area contributed by atoms with Crippen LogP contribution >= 0.6 is 11.3 Å². The first-order chi connectivity index (χ1) is 11.2. The van der Waals surface area contributed by atoms with Crippen molar-refractivity contribution in [3.8, 4) is 0 Å². The predicted octanol–water partition coefficient (Wildman–Crippen LogP) is 3.59. The Bertz CT molecular complexity index is 697. The molecule has 0 bridgehead atoms. The number of fused-ring (bicyclic) bond motifs is 1. The minimum absolute atomic E-state index is 0.267. The highest BCUT2D eigenvalue weighted by Gasteiger charge is 2.19. The van der Waals surface area contributed by atoms with Crippen LogP contribution in [0.3, 0.4) is 0 Å². The summed E-state index contributed by atoms with van der Waals surface area (Å²) in [7, 11) is 0. The summed E-state index contributed by atoms with van der Waals surface area (Å²) in [5, 5.41) is 2.73. The maximum Gasteiger partial charge on any atom is 0.348 e. The number of benzene rings is 1. The summed E-state index contributed by atoms with van der Waals surface area (Å²) >= 11 is 1.48. The molecule has 4 nitrogen and oxygen atoms in total. The molecule has 1 heterocycles. The van der Waals surface area contributed by atoms with E-state index in [-0.39, 0.29) is 12.5 Å².